The molecule has 1 unspecified atom stereocenters. The Morgan fingerprint density at radius 2 is 2.25 bits per heavy atom. The average Bonchev–Trinajstić information content (AvgIpc) is 2.53. The van der Waals surface area contributed by atoms with Gasteiger partial charge in [0, 0.05) is 24.9 Å². The minimum atomic E-state index is -0.656. The molecule has 0 spiro atoms. The van der Waals surface area contributed by atoms with E-state index in [9.17, 15) is 9.59 Å². The highest BCUT2D eigenvalue weighted by atomic mass is 16.6. The lowest BCUT2D eigenvalue weighted by molar-refractivity contribution is -0.129. The number of pyridine rings is 1. The molecule has 84 valence electrons. The van der Waals surface area contributed by atoms with Crippen molar-refractivity contribution >= 4 is 12.0 Å². The summed E-state index contributed by atoms with van der Waals surface area (Å²) in [6, 6.07) is 5.55. The van der Waals surface area contributed by atoms with Gasteiger partial charge in [-0.1, -0.05) is 6.07 Å². The molecule has 1 aliphatic rings. The zero-order valence-electron chi connectivity index (χ0n) is 8.92. The summed E-state index contributed by atoms with van der Waals surface area (Å²) >= 11 is 0. The molecule has 1 aromatic rings. The third kappa shape index (κ3) is 2.03. The Bertz CT molecular complexity index is 405. The predicted molar refractivity (Wildman–Crippen MR) is 55.6 cm³/mol. The second-order valence-electron chi connectivity index (χ2n) is 3.59. The molecule has 1 aromatic heterocycles. The zero-order chi connectivity index (χ0) is 11.5. The van der Waals surface area contributed by atoms with Gasteiger partial charge < -0.3 is 4.74 Å². The van der Waals surface area contributed by atoms with Gasteiger partial charge in [-0.25, -0.2) is 9.69 Å². The summed E-state index contributed by atoms with van der Waals surface area (Å²) in [5.74, 6) is -0.277. The fraction of sp³-hybridized carbons (Fsp3) is 0.364. The van der Waals surface area contributed by atoms with Gasteiger partial charge >= 0.3 is 6.09 Å². The van der Waals surface area contributed by atoms with Gasteiger partial charge in [0.15, 0.2) is 6.10 Å². The molecule has 0 N–H and O–H groups in total. The van der Waals surface area contributed by atoms with Crippen LogP contribution in [0.2, 0.25) is 0 Å². The smallest absolute Gasteiger partial charge is 0.417 e. The van der Waals surface area contributed by atoms with Crippen molar-refractivity contribution in [2.75, 3.05) is 6.54 Å². The fourth-order valence-electron chi connectivity index (χ4n) is 1.55. The third-order valence-electron chi connectivity index (χ3n) is 2.43. The van der Waals surface area contributed by atoms with E-state index in [0.717, 1.165) is 10.6 Å². The molecule has 0 aromatic carbocycles. The van der Waals surface area contributed by atoms with E-state index >= 15 is 0 Å². The van der Waals surface area contributed by atoms with Crippen LogP contribution in [0.15, 0.2) is 24.4 Å². The van der Waals surface area contributed by atoms with Crippen LogP contribution in [0.1, 0.15) is 12.6 Å². The van der Waals surface area contributed by atoms with E-state index in [1.54, 1.807) is 13.1 Å². The fourth-order valence-corrected chi connectivity index (χ4v) is 1.55. The van der Waals surface area contributed by atoms with Gasteiger partial charge in [0.2, 0.25) is 0 Å². The van der Waals surface area contributed by atoms with Crippen molar-refractivity contribution in [3.63, 3.8) is 0 Å². The number of aromatic nitrogens is 1. The maximum atomic E-state index is 11.5. The molecule has 2 heterocycles. The van der Waals surface area contributed by atoms with Gasteiger partial charge in [-0.2, -0.15) is 0 Å². The Hall–Kier alpha value is -1.91. The topological polar surface area (TPSA) is 59.5 Å². The Morgan fingerprint density at radius 3 is 2.81 bits per heavy atom. The maximum Gasteiger partial charge on any atom is 0.417 e. The van der Waals surface area contributed by atoms with Crippen molar-refractivity contribution < 1.29 is 14.3 Å². The molecule has 2 amide bonds. The third-order valence-corrected chi connectivity index (χ3v) is 2.43. The van der Waals surface area contributed by atoms with E-state index in [0.29, 0.717) is 13.0 Å². The first kappa shape index (κ1) is 10.6. The van der Waals surface area contributed by atoms with Crippen LogP contribution >= 0.6 is 0 Å². The highest BCUT2D eigenvalue weighted by Crippen LogP contribution is 2.12. The Labute approximate surface area is 93.0 Å². The summed E-state index contributed by atoms with van der Waals surface area (Å²) in [6.07, 6.45) is 1.01. The lowest BCUT2D eigenvalue weighted by Crippen LogP contribution is -2.32. The number of hydrogen-bond acceptors (Lipinski definition) is 4. The van der Waals surface area contributed by atoms with Crippen LogP contribution in [0, 0.1) is 0 Å². The number of rotatable bonds is 3. The number of cyclic esters (lactones) is 1. The summed E-state index contributed by atoms with van der Waals surface area (Å²) in [7, 11) is 0. The molecule has 2 rings (SSSR count). The van der Waals surface area contributed by atoms with Crippen LogP contribution in [0.3, 0.4) is 0 Å². The quantitative estimate of drug-likeness (QED) is 0.762. The minimum Gasteiger partial charge on any atom is -0.436 e. The van der Waals surface area contributed by atoms with Gasteiger partial charge in [0.05, 0.1) is 0 Å². The Kier molecular flexibility index (Phi) is 2.85. The molecular formula is C11H12N2O3. The van der Waals surface area contributed by atoms with Crippen LogP contribution in [0.25, 0.3) is 0 Å². The minimum absolute atomic E-state index is 0.277. The Balaban J connectivity index is 1.96. The second-order valence-corrected chi connectivity index (χ2v) is 3.59. The molecule has 1 fully saturated rings. The highest BCUT2D eigenvalue weighted by Gasteiger charge is 2.37. The van der Waals surface area contributed by atoms with Gasteiger partial charge in [0.25, 0.3) is 5.91 Å². The standard InChI is InChI=1S/C11H12N2O3/c1-8-10(14)13(11(15)16-8)7-5-9-4-2-3-6-12-9/h2-4,6,8H,5,7H2,1H3. The van der Waals surface area contributed by atoms with E-state index in [2.05, 4.69) is 4.98 Å². The first-order chi connectivity index (χ1) is 7.68. The van der Waals surface area contributed by atoms with Gasteiger partial charge in [0.1, 0.15) is 0 Å². The highest BCUT2D eigenvalue weighted by molar-refractivity contribution is 5.99. The monoisotopic (exact) mass is 220 g/mol. The molecule has 0 bridgehead atoms. The largest absolute Gasteiger partial charge is 0.436 e. The van der Waals surface area contributed by atoms with Crippen LogP contribution in [0.5, 0.6) is 0 Å². The van der Waals surface area contributed by atoms with Crippen molar-refractivity contribution in [1.82, 2.24) is 9.88 Å². The second kappa shape index (κ2) is 4.30. The molecule has 5 heteroatoms. The van der Waals surface area contributed by atoms with Crippen molar-refractivity contribution in [1.29, 1.82) is 0 Å². The number of imide groups is 1. The van der Waals surface area contributed by atoms with Crippen LogP contribution in [-0.4, -0.2) is 34.5 Å². The van der Waals surface area contributed by atoms with Crippen LogP contribution in [0.4, 0.5) is 4.79 Å². The zero-order valence-corrected chi connectivity index (χ0v) is 8.92. The van der Waals surface area contributed by atoms with Gasteiger partial charge in [-0.3, -0.25) is 9.78 Å². The molecule has 16 heavy (non-hydrogen) atoms. The first-order valence-electron chi connectivity index (χ1n) is 5.10. The van der Waals surface area contributed by atoms with Crippen molar-refractivity contribution in [3.05, 3.63) is 30.1 Å². The lowest BCUT2D eigenvalue weighted by Gasteiger charge is -2.09. The first-order valence-corrected chi connectivity index (χ1v) is 5.10. The summed E-state index contributed by atoms with van der Waals surface area (Å²) in [4.78, 5) is 28.0. The summed E-state index contributed by atoms with van der Waals surface area (Å²) < 4.78 is 4.79. The van der Waals surface area contributed by atoms with Crippen LogP contribution in [-0.2, 0) is 16.0 Å². The summed E-state index contributed by atoms with van der Waals surface area (Å²) in [6.45, 7) is 1.89. The number of amides is 2. The average molecular weight is 220 g/mol. The molecule has 0 aliphatic carbocycles. The predicted octanol–water partition coefficient (Wildman–Crippen LogP) is 0.991. The summed E-state index contributed by atoms with van der Waals surface area (Å²) in [5, 5.41) is 0. The van der Waals surface area contributed by atoms with Crippen molar-refractivity contribution in [3.8, 4) is 0 Å². The number of carbonyl (C=O) groups excluding carboxylic acids is 2. The van der Waals surface area contributed by atoms with Crippen molar-refractivity contribution in [2.45, 2.75) is 19.4 Å². The Morgan fingerprint density at radius 1 is 1.44 bits per heavy atom. The molecule has 0 radical (unpaired) electrons. The van der Waals surface area contributed by atoms with E-state index in [4.69, 9.17) is 4.74 Å². The van der Waals surface area contributed by atoms with Crippen LogP contribution < -0.4 is 0 Å². The van der Waals surface area contributed by atoms with E-state index in [1.807, 2.05) is 18.2 Å². The number of ether oxygens (including phenoxy) is 1. The normalized spacial score (nSPS) is 20.1. The van der Waals surface area contributed by atoms with E-state index in [-0.39, 0.29) is 5.91 Å². The number of carbonyl (C=O) groups is 2. The van der Waals surface area contributed by atoms with Crippen molar-refractivity contribution in [2.24, 2.45) is 0 Å². The molecule has 1 saturated heterocycles. The number of hydrogen-bond donors (Lipinski definition) is 0. The van der Waals surface area contributed by atoms with E-state index < -0.39 is 12.2 Å². The summed E-state index contributed by atoms with van der Waals surface area (Å²) in [5.41, 5.74) is 0.850. The lowest BCUT2D eigenvalue weighted by atomic mass is 10.2. The molecule has 5 nitrogen and oxygen atoms in total. The van der Waals surface area contributed by atoms with E-state index in [1.165, 1.54) is 0 Å². The molecule has 0 saturated carbocycles. The molecular weight excluding hydrogens is 208 g/mol. The maximum absolute atomic E-state index is 11.5. The SMILES string of the molecule is CC1OC(=O)N(CCc2ccccn2)C1=O. The molecule has 1 aliphatic heterocycles. The molecule has 1 atom stereocenters. The number of nitrogens with zero attached hydrogens (tertiary/aromatic N) is 2. The van der Waals surface area contributed by atoms with Gasteiger partial charge in [-0.05, 0) is 19.1 Å². The van der Waals surface area contributed by atoms with Gasteiger partial charge in [-0.15, -0.1) is 0 Å².